The highest BCUT2D eigenvalue weighted by Gasteiger charge is 2.31. The highest BCUT2D eigenvalue weighted by molar-refractivity contribution is 7.11. The fraction of sp³-hybridized carbons (Fsp3) is 0.700. The molecule has 0 radical (unpaired) electrons. The monoisotopic (exact) mass is 212 g/mol. The summed E-state index contributed by atoms with van der Waals surface area (Å²) in [4.78, 5) is 5.80. The van der Waals surface area contributed by atoms with Crippen LogP contribution in [0.25, 0.3) is 0 Å². The first-order chi connectivity index (χ1) is 6.59. The first-order valence-electron chi connectivity index (χ1n) is 4.89. The van der Waals surface area contributed by atoms with Crippen molar-refractivity contribution >= 4 is 11.3 Å². The molecular weight excluding hydrogens is 196 g/mol. The Kier molecular flexibility index (Phi) is 2.60. The van der Waals surface area contributed by atoms with Crippen molar-refractivity contribution in [2.75, 3.05) is 13.2 Å². The van der Waals surface area contributed by atoms with Crippen LogP contribution >= 0.6 is 11.3 Å². The molecule has 14 heavy (non-hydrogen) atoms. The van der Waals surface area contributed by atoms with Gasteiger partial charge in [0.1, 0.15) is 0 Å². The van der Waals surface area contributed by atoms with E-state index in [1.54, 1.807) is 11.3 Å². The molecule has 1 saturated heterocycles. The van der Waals surface area contributed by atoms with Gasteiger partial charge in [0.15, 0.2) is 0 Å². The fourth-order valence-electron chi connectivity index (χ4n) is 1.68. The SMILES string of the molecule is Cc1nc(CC2(N)CCOC2)sc1C. The number of ether oxygens (including phenoxy) is 1. The van der Waals surface area contributed by atoms with Crippen molar-refractivity contribution in [1.82, 2.24) is 4.98 Å². The minimum Gasteiger partial charge on any atom is -0.379 e. The highest BCUT2D eigenvalue weighted by Crippen LogP contribution is 2.24. The first-order valence-corrected chi connectivity index (χ1v) is 5.70. The number of aromatic nitrogens is 1. The normalized spacial score (nSPS) is 27.1. The number of rotatable bonds is 2. The van der Waals surface area contributed by atoms with Gasteiger partial charge in [0.25, 0.3) is 0 Å². The van der Waals surface area contributed by atoms with Gasteiger partial charge in [0.05, 0.1) is 17.3 Å². The van der Waals surface area contributed by atoms with Crippen LogP contribution in [-0.2, 0) is 11.2 Å². The van der Waals surface area contributed by atoms with Gasteiger partial charge >= 0.3 is 0 Å². The minimum atomic E-state index is -0.170. The molecule has 78 valence electrons. The van der Waals surface area contributed by atoms with Gasteiger partial charge in [-0.2, -0.15) is 0 Å². The first kappa shape index (κ1) is 10.1. The Morgan fingerprint density at radius 2 is 2.36 bits per heavy atom. The average molecular weight is 212 g/mol. The molecule has 1 fully saturated rings. The van der Waals surface area contributed by atoms with Gasteiger partial charge in [-0.05, 0) is 20.3 Å². The topological polar surface area (TPSA) is 48.1 Å². The zero-order valence-corrected chi connectivity index (χ0v) is 9.49. The summed E-state index contributed by atoms with van der Waals surface area (Å²) in [5.41, 5.74) is 7.15. The molecule has 0 amide bonds. The molecule has 1 aromatic rings. The predicted molar refractivity (Wildman–Crippen MR) is 57.6 cm³/mol. The lowest BCUT2D eigenvalue weighted by molar-refractivity contribution is 0.178. The van der Waals surface area contributed by atoms with Crippen molar-refractivity contribution in [1.29, 1.82) is 0 Å². The van der Waals surface area contributed by atoms with Crippen molar-refractivity contribution in [2.45, 2.75) is 32.2 Å². The Morgan fingerprint density at radius 3 is 2.86 bits per heavy atom. The second-order valence-corrected chi connectivity index (χ2v) is 5.38. The third-order valence-electron chi connectivity index (χ3n) is 2.71. The van der Waals surface area contributed by atoms with E-state index in [-0.39, 0.29) is 5.54 Å². The molecular formula is C10H16N2OS. The number of hydrogen-bond donors (Lipinski definition) is 1. The molecule has 2 heterocycles. The third kappa shape index (κ3) is 1.97. The van der Waals surface area contributed by atoms with Gasteiger partial charge in [-0.1, -0.05) is 0 Å². The van der Waals surface area contributed by atoms with Crippen molar-refractivity contribution in [3.8, 4) is 0 Å². The summed E-state index contributed by atoms with van der Waals surface area (Å²) >= 11 is 1.75. The molecule has 3 nitrogen and oxygen atoms in total. The number of nitrogens with two attached hydrogens (primary N) is 1. The fourth-order valence-corrected chi connectivity index (χ4v) is 2.77. The molecule has 0 bridgehead atoms. The van der Waals surface area contributed by atoms with Gasteiger partial charge < -0.3 is 10.5 Å². The number of aryl methyl sites for hydroxylation is 2. The molecule has 1 atom stereocenters. The van der Waals surface area contributed by atoms with Crippen molar-refractivity contribution in [3.63, 3.8) is 0 Å². The van der Waals surface area contributed by atoms with Crippen LogP contribution in [0.2, 0.25) is 0 Å². The average Bonchev–Trinajstić information content (AvgIpc) is 2.62. The van der Waals surface area contributed by atoms with Crippen molar-refractivity contribution in [2.24, 2.45) is 5.73 Å². The Morgan fingerprint density at radius 1 is 1.57 bits per heavy atom. The Bertz CT molecular complexity index is 309. The molecule has 1 unspecified atom stereocenters. The molecule has 2 N–H and O–H groups in total. The quantitative estimate of drug-likeness (QED) is 0.806. The number of nitrogens with zero attached hydrogens (tertiary/aromatic N) is 1. The molecule has 0 saturated carbocycles. The Hall–Kier alpha value is -0.450. The van der Waals surface area contributed by atoms with Gasteiger partial charge in [-0.3, -0.25) is 0 Å². The van der Waals surface area contributed by atoms with Crippen LogP contribution < -0.4 is 5.73 Å². The van der Waals surface area contributed by atoms with Crippen LogP contribution in [0.1, 0.15) is 22.0 Å². The second-order valence-electron chi connectivity index (χ2n) is 4.09. The van der Waals surface area contributed by atoms with Crippen LogP contribution in [0.5, 0.6) is 0 Å². The second kappa shape index (κ2) is 3.61. The smallest absolute Gasteiger partial charge is 0.0950 e. The van der Waals surface area contributed by atoms with Crippen LogP contribution in [0.4, 0.5) is 0 Å². The van der Waals surface area contributed by atoms with E-state index < -0.39 is 0 Å². The van der Waals surface area contributed by atoms with E-state index in [2.05, 4.69) is 11.9 Å². The summed E-state index contributed by atoms with van der Waals surface area (Å²) in [6, 6.07) is 0. The maximum Gasteiger partial charge on any atom is 0.0950 e. The summed E-state index contributed by atoms with van der Waals surface area (Å²) < 4.78 is 5.32. The van der Waals surface area contributed by atoms with E-state index in [1.807, 2.05) is 6.92 Å². The molecule has 1 aliphatic rings. The maximum atomic E-state index is 6.19. The van der Waals surface area contributed by atoms with Crippen LogP contribution in [0.3, 0.4) is 0 Å². The third-order valence-corrected chi connectivity index (χ3v) is 3.78. The lowest BCUT2D eigenvalue weighted by atomic mass is 9.96. The van der Waals surface area contributed by atoms with Gasteiger partial charge in [-0.15, -0.1) is 11.3 Å². The lowest BCUT2D eigenvalue weighted by Gasteiger charge is -2.19. The number of hydrogen-bond acceptors (Lipinski definition) is 4. The molecule has 1 aromatic heterocycles. The molecule has 2 rings (SSSR count). The van der Waals surface area contributed by atoms with E-state index in [9.17, 15) is 0 Å². The molecule has 0 aliphatic carbocycles. The summed E-state index contributed by atoms with van der Waals surface area (Å²) in [7, 11) is 0. The van der Waals surface area contributed by atoms with Crippen LogP contribution in [0.15, 0.2) is 0 Å². The van der Waals surface area contributed by atoms with E-state index in [1.165, 1.54) is 4.88 Å². The van der Waals surface area contributed by atoms with Crippen LogP contribution in [0, 0.1) is 13.8 Å². The van der Waals surface area contributed by atoms with Crippen molar-refractivity contribution in [3.05, 3.63) is 15.6 Å². The van der Waals surface area contributed by atoms with Gasteiger partial charge in [-0.25, -0.2) is 4.98 Å². The van der Waals surface area contributed by atoms with Crippen LogP contribution in [-0.4, -0.2) is 23.7 Å². The lowest BCUT2D eigenvalue weighted by Crippen LogP contribution is -2.42. The number of thiazole rings is 1. The summed E-state index contributed by atoms with van der Waals surface area (Å²) in [5.74, 6) is 0. The van der Waals surface area contributed by atoms with Gasteiger partial charge in [0, 0.05) is 23.4 Å². The zero-order chi connectivity index (χ0) is 10.2. The molecule has 4 heteroatoms. The Balaban J connectivity index is 2.10. The largest absolute Gasteiger partial charge is 0.379 e. The summed E-state index contributed by atoms with van der Waals surface area (Å²) in [6.45, 7) is 5.61. The standard InChI is InChI=1S/C10H16N2OS/c1-7-8(2)14-9(12-7)5-10(11)3-4-13-6-10/h3-6,11H2,1-2H3. The summed E-state index contributed by atoms with van der Waals surface area (Å²) in [5, 5.41) is 1.15. The summed E-state index contributed by atoms with van der Waals surface area (Å²) in [6.07, 6.45) is 1.80. The molecule has 0 aromatic carbocycles. The van der Waals surface area contributed by atoms with Gasteiger partial charge in [0.2, 0.25) is 0 Å². The Labute approximate surface area is 88.3 Å². The van der Waals surface area contributed by atoms with Crippen molar-refractivity contribution < 1.29 is 4.74 Å². The highest BCUT2D eigenvalue weighted by atomic mass is 32.1. The molecule has 0 spiro atoms. The van der Waals surface area contributed by atoms with E-state index >= 15 is 0 Å². The van der Waals surface area contributed by atoms with E-state index in [0.717, 1.165) is 30.2 Å². The molecule has 1 aliphatic heterocycles. The van der Waals surface area contributed by atoms with E-state index in [0.29, 0.717) is 6.61 Å². The van der Waals surface area contributed by atoms with E-state index in [4.69, 9.17) is 10.5 Å². The zero-order valence-electron chi connectivity index (χ0n) is 8.67. The minimum absolute atomic E-state index is 0.170. The predicted octanol–water partition coefficient (Wildman–Crippen LogP) is 1.42. The maximum absolute atomic E-state index is 6.19.